The van der Waals surface area contributed by atoms with E-state index in [1.807, 2.05) is 30.0 Å². The van der Waals surface area contributed by atoms with E-state index in [1.54, 1.807) is 4.90 Å². The van der Waals surface area contributed by atoms with Crippen LogP contribution in [0.5, 0.6) is 0 Å². The number of nitrogens with one attached hydrogen (secondary N) is 1. The van der Waals surface area contributed by atoms with Gasteiger partial charge in [0.15, 0.2) is 0 Å². The number of likely N-dealkylation sites (tertiary alicyclic amines) is 2. The molecule has 27 heavy (non-hydrogen) atoms. The lowest BCUT2D eigenvalue weighted by Gasteiger charge is -2.70. The molecule has 146 valence electrons. The largest absolute Gasteiger partial charge is 0.394 e. The van der Waals surface area contributed by atoms with Crippen LogP contribution in [0.3, 0.4) is 0 Å². The number of carbonyl (C=O) groups is 2. The summed E-state index contributed by atoms with van der Waals surface area (Å²) < 4.78 is 0. The van der Waals surface area contributed by atoms with Gasteiger partial charge in [-0.25, -0.2) is 4.79 Å². The van der Waals surface area contributed by atoms with Crippen molar-refractivity contribution in [2.24, 2.45) is 5.92 Å². The van der Waals surface area contributed by atoms with E-state index in [1.165, 1.54) is 0 Å². The summed E-state index contributed by atoms with van der Waals surface area (Å²) in [5.41, 5.74) is 0.733. The Hall–Kier alpha value is -2.08. The van der Waals surface area contributed by atoms with Crippen molar-refractivity contribution in [3.05, 3.63) is 35.9 Å². The Kier molecular flexibility index (Phi) is 4.84. The van der Waals surface area contributed by atoms with Crippen LogP contribution in [0.15, 0.2) is 30.3 Å². The number of amides is 3. The molecule has 3 aliphatic rings. The average molecular weight is 371 g/mol. The van der Waals surface area contributed by atoms with E-state index in [0.29, 0.717) is 32.0 Å². The van der Waals surface area contributed by atoms with Crippen molar-refractivity contribution in [2.75, 3.05) is 26.2 Å². The second-order valence-electron chi connectivity index (χ2n) is 8.24. The van der Waals surface area contributed by atoms with Crippen LogP contribution in [0.2, 0.25) is 0 Å². The molecule has 1 spiro atoms. The first kappa shape index (κ1) is 18.3. The summed E-state index contributed by atoms with van der Waals surface area (Å²) in [5, 5.41) is 13.0. The molecule has 2 atom stereocenters. The molecule has 6 nitrogen and oxygen atoms in total. The zero-order valence-electron chi connectivity index (χ0n) is 15.9. The van der Waals surface area contributed by atoms with E-state index in [4.69, 9.17) is 0 Å². The van der Waals surface area contributed by atoms with Crippen molar-refractivity contribution >= 4 is 11.9 Å². The quantitative estimate of drug-likeness (QED) is 0.803. The fourth-order valence-electron chi connectivity index (χ4n) is 4.79. The maximum atomic E-state index is 12.8. The predicted octanol–water partition coefficient (Wildman–Crippen LogP) is 1.95. The van der Waals surface area contributed by atoms with Crippen LogP contribution in [0.4, 0.5) is 4.79 Å². The predicted molar refractivity (Wildman–Crippen MR) is 102 cm³/mol. The molecule has 1 aromatic carbocycles. The van der Waals surface area contributed by atoms with Crippen molar-refractivity contribution in [1.82, 2.24) is 15.1 Å². The minimum absolute atomic E-state index is 0.0565. The first-order chi connectivity index (χ1) is 13.1. The molecule has 4 rings (SSSR count). The Morgan fingerprint density at radius 1 is 1.22 bits per heavy atom. The molecular weight excluding hydrogens is 342 g/mol. The summed E-state index contributed by atoms with van der Waals surface area (Å²) in [6.07, 6.45) is 3.83. The number of hydrogen-bond donors (Lipinski definition) is 2. The number of aliphatic hydroxyl groups is 1. The summed E-state index contributed by atoms with van der Waals surface area (Å²) in [5.74, 6) is 0.826. The Bertz CT molecular complexity index is 698. The number of hydrogen-bond acceptors (Lipinski definition) is 3. The summed E-state index contributed by atoms with van der Waals surface area (Å²) in [6, 6.07) is 9.71. The summed E-state index contributed by atoms with van der Waals surface area (Å²) in [7, 11) is 0. The van der Waals surface area contributed by atoms with E-state index in [0.717, 1.165) is 24.8 Å². The van der Waals surface area contributed by atoms with Crippen LogP contribution in [-0.2, 0) is 4.79 Å². The summed E-state index contributed by atoms with van der Waals surface area (Å²) in [4.78, 5) is 29.0. The zero-order chi connectivity index (χ0) is 19.0. The fraction of sp³-hybridized carbons (Fsp3) is 0.619. The third-order valence-electron chi connectivity index (χ3n) is 6.31. The van der Waals surface area contributed by atoms with Crippen molar-refractivity contribution in [2.45, 2.75) is 50.1 Å². The highest BCUT2D eigenvalue weighted by Gasteiger charge is 2.68. The van der Waals surface area contributed by atoms with E-state index >= 15 is 0 Å². The van der Waals surface area contributed by atoms with Crippen LogP contribution in [0.25, 0.3) is 0 Å². The normalized spacial score (nSPS) is 25.7. The van der Waals surface area contributed by atoms with Gasteiger partial charge in [0.1, 0.15) is 0 Å². The average Bonchev–Trinajstić information content (AvgIpc) is 3.43. The Morgan fingerprint density at radius 2 is 1.93 bits per heavy atom. The van der Waals surface area contributed by atoms with Gasteiger partial charge in [-0.2, -0.15) is 0 Å². The highest BCUT2D eigenvalue weighted by molar-refractivity contribution is 5.82. The number of nitrogens with zero attached hydrogens (tertiary/aromatic N) is 2. The molecule has 3 fully saturated rings. The molecule has 6 heteroatoms. The van der Waals surface area contributed by atoms with Gasteiger partial charge in [0.05, 0.1) is 18.2 Å². The summed E-state index contributed by atoms with van der Waals surface area (Å²) >= 11 is 0. The van der Waals surface area contributed by atoms with E-state index in [2.05, 4.69) is 17.4 Å². The lowest BCUT2D eigenvalue weighted by molar-refractivity contribution is -0.177. The minimum Gasteiger partial charge on any atom is -0.394 e. The standard InChI is InChI=1S/C21H29N3O3/c1-2-10-22-20(27)24-17(12-25)19(16-6-4-3-5-7-16)21(24)13-23(14-21)18(26)11-15-8-9-15/h3-7,15,17,19,25H,2,8-14H2,1H3,(H,22,27)/t17-,19+/m0/s1. The Labute approximate surface area is 160 Å². The van der Waals surface area contributed by atoms with Gasteiger partial charge in [-0.15, -0.1) is 0 Å². The van der Waals surface area contributed by atoms with Crippen LogP contribution in [0, 0.1) is 5.92 Å². The molecule has 1 saturated carbocycles. The van der Waals surface area contributed by atoms with Gasteiger partial charge < -0.3 is 20.2 Å². The monoisotopic (exact) mass is 371 g/mol. The second-order valence-corrected chi connectivity index (χ2v) is 8.24. The Balaban J connectivity index is 1.55. The number of benzene rings is 1. The summed E-state index contributed by atoms with van der Waals surface area (Å²) in [6.45, 7) is 3.69. The molecule has 0 unspecified atom stereocenters. The highest BCUT2D eigenvalue weighted by atomic mass is 16.3. The van der Waals surface area contributed by atoms with E-state index in [9.17, 15) is 14.7 Å². The van der Waals surface area contributed by atoms with Crippen LogP contribution >= 0.6 is 0 Å². The Morgan fingerprint density at radius 3 is 2.52 bits per heavy atom. The second kappa shape index (κ2) is 7.15. The van der Waals surface area contributed by atoms with Gasteiger partial charge in [0, 0.05) is 32.0 Å². The first-order valence-corrected chi connectivity index (χ1v) is 10.1. The molecule has 3 amide bonds. The third-order valence-corrected chi connectivity index (χ3v) is 6.31. The van der Waals surface area contributed by atoms with Gasteiger partial charge in [-0.3, -0.25) is 4.79 Å². The maximum absolute atomic E-state index is 12.8. The molecule has 2 heterocycles. The number of carbonyl (C=O) groups excluding carboxylic acids is 2. The van der Waals surface area contributed by atoms with Crippen LogP contribution in [-0.4, -0.2) is 64.7 Å². The molecule has 0 bridgehead atoms. The molecule has 2 N–H and O–H groups in total. The topological polar surface area (TPSA) is 72.9 Å². The molecule has 1 aliphatic carbocycles. The van der Waals surface area contributed by atoms with Gasteiger partial charge in [0.2, 0.25) is 5.91 Å². The molecule has 2 saturated heterocycles. The number of rotatable bonds is 6. The fourth-order valence-corrected chi connectivity index (χ4v) is 4.79. The highest BCUT2D eigenvalue weighted by Crippen LogP contribution is 2.54. The van der Waals surface area contributed by atoms with Crippen molar-refractivity contribution in [3.8, 4) is 0 Å². The number of urea groups is 1. The minimum atomic E-state index is -0.397. The van der Waals surface area contributed by atoms with Gasteiger partial charge in [-0.1, -0.05) is 37.3 Å². The van der Waals surface area contributed by atoms with Gasteiger partial charge in [0.25, 0.3) is 0 Å². The van der Waals surface area contributed by atoms with E-state index in [-0.39, 0.29) is 30.5 Å². The van der Waals surface area contributed by atoms with Gasteiger partial charge in [-0.05, 0) is 30.7 Å². The molecule has 2 aliphatic heterocycles. The van der Waals surface area contributed by atoms with Crippen LogP contribution in [0.1, 0.15) is 44.1 Å². The van der Waals surface area contributed by atoms with Crippen molar-refractivity contribution < 1.29 is 14.7 Å². The number of aliphatic hydroxyl groups excluding tert-OH is 1. The third kappa shape index (κ3) is 3.10. The van der Waals surface area contributed by atoms with Crippen molar-refractivity contribution in [3.63, 3.8) is 0 Å². The zero-order valence-corrected chi connectivity index (χ0v) is 15.9. The van der Waals surface area contributed by atoms with Crippen LogP contribution < -0.4 is 5.32 Å². The molecular formula is C21H29N3O3. The first-order valence-electron chi connectivity index (χ1n) is 10.1. The SMILES string of the molecule is CCCNC(=O)N1[C@@H](CO)[C@@H](c2ccccc2)C12CN(C(=O)CC1CC1)C2. The smallest absolute Gasteiger partial charge is 0.318 e. The molecule has 1 aromatic rings. The lowest BCUT2D eigenvalue weighted by atomic mass is 9.61. The van der Waals surface area contributed by atoms with E-state index < -0.39 is 5.54 Å². The molecule has 0 aromatic heterocycles. The lowest BCUT2D eigenvalue weighted by Crippen LogP contribution is -2.86. The molecule has 0 radical (unpaired) electrons. The van der Waals surface area contributed by atoms with Crippen molar-refractivity contribution in [1.29, 1.82) is 0 Å². The maximum Gasteiger partial charge on any atom is 0.318 e. The van der Waals surface area contributed by atoms with Gasteiger partial charge >= 0.3 is 6.03 Å².